The minimum absolute atomic E-state index is 0.116. The van der Waals surface area contributed by atoms with Crippen molar-refractivity contribution >= 4 is 29.1 Å². The number of aromatic nitrogens is 2. The third-order valence-corrected chi connectivity index (χ3v) is 2.88. The van der Waals surface area contributed by atoms with E-state index in [2.05, 4.69) is 15.3 Å². The lowest BCUT2D eigenvalue weighted by atomic mass is 10.3. The summed E-state index contributed by atoms with van der Waals surface area (Å²) in [5.74, 6) is 1.14. The second-order valence-corrected chi connectivity index (χ2v) is 4.89. The lowest BCUT2D eigenvalue weighted by molar-refractivity contribution is -0.121. The third kappa shape index (κ3) is 4.75. The molecule has 106 valence electrons. The Bertz CT molecular complexity index is 553. The van der Waals surface area contributed by atoms with Gasteiger partial charge in [-0.2, -0.15) is 0 Å². The summed E-state index contributed by atoms with van der Waals surface area (Å²) in [5, 5.41) is 3.72. The molecule has 0 saturated carbocycles. The molecule has 0 unspecified atom stereocenters. The first-order valence-corrected chi connectivity index (χ1v) is 6.73. The Morgan fingerprint density at radius 1 is 1.30 bits per heavy atom. The van der Waals surface area contributed by atoms with Crippen LogP contribution in [-0.2, 0) is 11.3 Å². The van der Waals surface area contributed by atoms with Gasteiger partial charge in [-0.3, -0.25) is 4.79 Å². The average molecular weight is 314 g/mol. The molecule has 5 nitrogen and oxygen atoms in total. The number of halogens is 2. The maximum Gasteiger partial charge on any atom is 0.223 e. The molecule has 1 aromatic carbocycles. The summed E-state index contributed by atoms with van der Waals surface area (Å²) >= 11 is 11.7. The van der Waals surface area contributed by atoms with Crippen molar-refractivity contribution in [3.63, 3.8) is 0 Å². The Morgan fingerprint density at radius 3 is 2.70 bits per heavy atom. The van der Waals surface area contributed by atoms with E-state index in [1.165, 1.54) is 0 Å². The van der Waals surface area contributed by atoms with Crippen molar-refractivity contribution in [1.29, 1.82) is 0 Å². The smallest absolute Gasteiger partial charge is 0.223 e. The van der Waals surface area contributed by atoms with Crippen LogP contribution in [0.5, 0.6) is 5.75 Å². The number of nitrogens with one attached hydrogen (secondary N) is 2. The molecule has 1 heterocycles. The van der Waals surface area contributed by atoms with Gasteiger partial charge in [0.15, 0.2) is 0 Å². The normalized spacial score (nSPS) is 10.3. The number of amides is 1. The highest BCUT2D eigenvalue weighted by atomic mass is 35.5. The molecule has 0 spiro atoms. The van der Waals surface area contributed by atoms with E-state index in [1.54, 1.807) is 30.6 Å². The topological polar surface area (TPSA) is 67.0 Å². The maximum atomic E-state index is 11.6. The van der Waals surface area contributed by atoms with Gasteiger partial charge in [0.2, 0.25) is 5.91 Å². The predicted octanol–water partition coefficient (Wildman–Crippen LogP) is 2.80. The molecule has 2 rings (SSSR count). The number of aromatic amines is 1. The van der Waals surface area contributed by atoms with E-state index in [-0.39, 0.29) is 18.9 Å². The number of hydrogen-bond acceptors (Lipinski definition) is 3. The molecule has 2 aromatic rings. The summed E-state index contributed by atoms with van der Waals surface area (Å²) < 4.78 is 5.42. The quantitative estimate of drug-likeness (QED) is 0.861. The largest absolute Gasteiger partial charge is 0.493 e. The number of ether oxygens (including phenoxy) is 1. The Hall–Kier alpha value is -1.72. The zero-order valence-corrected chi connectivity index (χ0v) is 12.0. The highest BCUT2D eigenvalue weighted by Gasteiger charge is 2.04. The van der Waals surface area contributed by atoms with E-state index in [1.807, 2.05) is 0 Å². The number of benzene rings is 1. The number of rotatable bonds is 6. The fraction of sp³-hybridized carbons (Fsp3) is 0.231. The van der Waals surface area contributed by atoms with Crippen molar-refractivity contribution in [3.8, 4) is 5.75 Å². The molecule has 0 bridgehead atoms. The highest BCUT2D eigenvalue weighted by Crippen LogP contribution is 2.24. The summed E-state index contributed by atoms with van der Waals surface area (Å²) in [6.07, 6.45) is 3.58. The second-order valence-electron chi connectivity index (χ2n) is 4.02. The lowest BCUT2D eigenvalue weighted by Gasteiger charge is -2.07. The standard InChI is InChI=1S/C13H13Cl2N3O2/c14-9-5-10(15)7-11(6-9)20-4-1-13(19)18-8-12-16-2-3-17-12/h2-3,5-7H,1,4,8H2,(H,16,17)(H,18,19). The minimum atomic E-state index is -0.116. The van der Waals surface area contributed by atoms with Crippen LogP contribution in [0.4, 0.5) is 0 Å². The zero-order chi connectivity index (χ0) is 14.4. The van der Waals surface area contributed by atoms with Crippen LogP contribution in [0.2, 0.25) is 10.0 Å². The molecule has 7 heteroatoms. The summed E-state index contributed by atoms with van der Waals surface area (Å²) in [6, 6.07) is 4.91. The Balaban J connectivity index is 1.71. The van der Waals surface area contributed by atoms with Crippen LogP contribution >= 0.6 is 23.2 Å². The van der Waals surface area contributed by atoms with Gasteiger partial charge in [-0.15, -0.1) is 0 Å². The van der Waals surface area contributed by atoms with Crippen molar-refractivity contribution in [3.05, 3.63) is 46.5 Å². The van der Waals surface area contributed by atoms with Crippen LogP contribution in [0.1, 0.15) is 12.2 Å². The third-order valence-electron chi connectivity index (χ3n) is 2.44. The highest BCUT2D eigenvalue weighted by molar-refractivity contribution is 6.34. The molecule has 1 aromatic heterocycles. The van der Waals surface area contributed by atoms with Crippen LogP contribution < -0.4 is 10.1 Å². The molecule has 0 radical (unpaired) electrons. The number of H-pyrrole nitrogens is 1. The number of imidazole rings is 1. The first-order valence-electron chi connectivity index (χ1n) is 5.97. The van der Waals surface area contributed by atoms with E-state index < -0.39 is 0 Å². The van der Waals surface area contributed by atoms with Crippen LogP contribution in [-0.4, -0.2) is 22.5 Å². The number of nitrogens with zero attached hydrogens (tertiary/aromatic N) is 1. The van der Waals surface area contributed by atoms with E-state index in [0.717, 1.165) is 0 Å². The number of carbonyl (C=O) groups is 1. The van der Waals surface area contributed by atoms with Crippen molar-refractivity contribution < 1.29 is 9.53 Å². The monoisotopic (exact) mass is 313 g/mol. The molecule has 0 aliphatic carbocycles. The molecule has 0 atom stereocenters. The van der Waals surface area contributed by atoms with Crippen molar-refractivity contribution in [2.45, 2.75) is 13.0 Å². The van der Waals surface area contributed by atoms with Gasteiger partial charge in [0.05, 0.1) is 19.6 Å². The molecule has 2 N–H and O–H groups in total. The van der Waals surface area contributed by atoms with E-state index in [9.17, 15) is 4.79 Å². The molecule has 1 amide bonds. The predicted molar refractivity (Wildman–Crippen MR) is 77.0 cm³/mol. The van der Waals surface area contributed by atoms with Crippen molar-refractivity contribution in [1.82, 2.24) is 15.3 Å². The molecule has 0 aliphatic heterocycles. The van der Waals surface area contributed by atoms with Gasteiger partial charge in [-0.25, -0.2) is 4.98 Å². The summed E-state index contributed by atoms with van der Waals surface area (Å²) in [7, 11) is 0. The maximum absolute atomic E-state index is 11.6. The number of hydrogen-bond donors (Lipinski definition) is 2. The average Bonchev–Trinajstić information content (AvgIpc) is 2.88. The van der Waals surface area contributed by atoms with Gasteiger partial charge in [0.1, 0.15) is 11.6 Å². The van der Waals surface area contributed by atoms with Gasteiger partial charge in [-0.05, 0) is 18.2 Å². The Labute approximate surface area is 126 Å². The van der Waals surface area contributed by atoms with Gasteiger partial charge < -0.3 is 15.0 Å². The number of carbonyl (C=O) groups excluding carboxylic acids is 1. The first-order chi connectivity index (χ1) is 9.63. The van der Waals surface area contributed by atoms with E-state index >= 15 is 0 Å². The first kappa shape index (κ1) is 14.7. The molecule has 20 heavy (non-hydrogen) atoms. The fourth-order valence-corrected chi connectivity index (χ4v) is 2.04. The van der Waals surface area contributed by atoms with Crippen LogP contribution in [0, 0.1) is 0 Å². The zero-order valence-electron chi connectivity index (χ0n) is 10.5. The molecular weight excluding hydrogens is 301 g/mol. The molecule has 0 fully saturated rings. The molecule has 0 aliphatic rings. The van der Waals surface area contributed by atoms with Gasteiger partial charge >= 0.3 is 0 Å². The molecule has 0 saturated heterocycles. The fourth-order valence-electron chi connectivity index (χ4n) is 1.54. The van der Waals surface area contributed by atoms with Crippen LogP contribution in [0.25, 0.3) is 0 Å². The summed E-state index contributed by atoms with van der Waals surface area (Å²) in [5.41, 5.74) is 0. The van der Waals surface area contributed by atoms with Crippen LogP contribution in [0.3, 0.4) is 0 Å². The van der Waals surface area contributed by atoms with Crippen molar-refractivity contribution in [2.75, 3.05) is 6.61 Å². The van der Waals surface area contributed by atoms with Gasteiger partial charge in [0.25, 0.3) is 0 Å². The van der Waals surface area contributed by atoms with Gasteiger partial charge in [-0.1, -0.05) is 23.2 Å². The lowest BCUT2D eigenvalue weighted by Crippen LogP contribution is -2.24. The second kappa shape index (κ2) is 7.17. The molecular formula is C13H13Cl2N3O2. The van der Waals surface area contributed by atoms with Crippen molar-refractivity contribution in [2.24, 2.45) is 0 Å². The van der Waals surface area contributed by atoms with Crippen LogP contribution in [0.15, 0.2) is 30.6 Å². The van der Waals surface area contributed by atoms with E-state index in [0.29, 0.717) is 28.2 Å². The SMILES string of the molecule is O=C(CCOc1cc(Cl)cc(Cl)c1)NCc1ncc[nH]1. The van der Waals surface area contributed by atoms with Gasteiger partial charge in [0, 0.05) is 22.4 Å². The summed E-state index contributed by atoms with van der Waals surface area (Å²) in [6.45, 7) is 0.621. The minimum Gasteiger partial charge on any atom is -0.493 e. The summed E-state index contributed by atoms with van der Waals surface area (Å²) in [4.78, 5) is 18.5. The Kier molecular flexibility index (Phi) is 5.26. The van der Waals surface area contributed by atoms with E-state index in [4.69, 9.17) is 27.9 Å². The Morgan fingerprint density at radius 2 is 2.05 bits per heavy atom.